The number of nitrogens with one attached hydrogen (secondary N) is 1. The highest BCUT2D eigenvalue weighted by Gasteiger charge is 2.30. The Balaban J connectivity index is 1.71. The smallest absolute Gasteiger partial charge is 0.257 e. The monoisotopic (exact) mass is 398 g/mol. The summed E-state index contributed by atoms with van der Waals surface area (Å²) in [5.74, 6) is -0.0538. The van der Waals surface area contributed by atoms with Crippen LogP contribution in [0.25, 0.3) is 11.1 Å². The van der Waals surface area contributed by atoms with Crippen molar-refractivity contribution >= 4 is 28.6 Å². The molecule has 1 atom stereocenters. The first kappa shape index (κ1) is 18.9. The van der Waals surface area contributed by atoms with Crippen molar-refractivity contribution in [2.24, 2.45) is 0 Å². The van der Waals surface area contributed by atoms with Crippen LogP contribution in [0.15, 0.2) is 41.1 Å². The molecule has 0 spiro atoms. The maximum atomic E-state index is 13.4. The minimum Gasteiger partial charge on any atom is -0.336 e. The molecule has 1 aliphatic rings. The summed E-state index contributed by atoms with van der Waals surface area (Å²) in [6, 6.07) is 9.43. The minimum absolute atomic E-state index is 0.0538. The molecule has 3 aromatic rings. The van der Waals surface area contributed by atoms with E-state index >= 15 is 0 Å². The zero-order valence-corrected chi connectivity index (χ0v) is 17.0. The van der Waals surface area contributed by atoms with E-state index in [2.05, 4.69) is 36.2 Å². The van der Waals surface area contributed by atoms with Crippen molar-refractivity contribution in [2.45, 2.75) is 32.2 Å². The van der Waals surface area contributed by atoms with E-state index < -0.39 is 0 Å². The second kappa shape index (κ2) is 7.18. The molecular formula is C21H23ClN4O2. The lowest BCUT2D eigenvalue weighted by atomic mass is 9.90. The van der Waals surface area contributed by atoms with Gasteiger partial charge in [0, 0.05) is 36.3 Å². The zero-order valence-electron chi connectivity index (χ0n) is 16.2. The van der Waals surface area contributed by atoms with E-state index in [1.54, 1.807) is 6.20 Å². The number of hydrogen-bond donors (Lipinski definition) is 1. The number of hydrogen-bond acceptors (Lipinski definition) is 5. The van der Waals surface area contributed by atoms with Crippen LogP contribution in [-0.2, 0) is 5.41 Å². The van der Waals surface area contributed by atoms with Crippen LogP contribution in [0.1, 0.15) is 48.4 Å². The van der Waals surface area contributed by atoms with Crippen LogP contribution in [0.3, 0.4) is 0 Å². The summed E-state index contributed by atoms with van der Waals surface area (Å²) in [5, 5.41) is 8.98. The van der Waals surface area contributed by atoms with Gasteiger partial charge in [-0.2, -0.15) is 0 Å². The molecule has 0 saturated carbocycles. The molecule has 1 amide bonds. The normalized spacial score (nSPS) is 17.9. The average Bonchev–Trinajstić information content (AvgIpc) is 3.11. The number of fused-ring (bicyclic) bond motifs is 1. The van der Waals surface area contributed by atoms with E-state index in [0.29, 0.717) is 29.4 Å². The Hall–Kier alpha value is -2.44. The molecule has 1 aliphatic heterocycles. The zero-order chi connectivity index (χ0) is 19.9. The van der Waals surface area contributed by atoms with Gasteiger partial charge in [-0.05, 0) is 23.8 Å². The SMILES string of the molecule is CC(C)(C)c1noc2ncc(C(=O)N3CCNCC3c3cccc(Cl)c3)cc12. The van der Waals surface area contributed by atoms with Gasteiger partial charge in [-0.1, -0.05) is 49.7 Å². The van der Waals surface area contributed by atoms with Crippen molar-refractivity contribution in [3.8, 4) is 0 Å². The maximum Gasteiger partial charge on any atom is 0.257 e. The van der Waals surface area contributed by atoms with Gasteiger partial charge in [-0.15, -0.1) is 0 Å². The Morgan fingerprint density at radius 2 is 2.14 bits per heavy atom. The number of benzene rings is 1. The molecule has 1 aromatic carbocycles. The quantitative estimate of drug-likeness (QED) is 0.707. The molecule has 0 radical (unpaired) electrons. The standard InChI is InChI=1S/C21H23ClN4O2/c1-21(2,3)18-16-10-14(11-24-19(16)28-25-18)20(27)26-8-7-23-12-17(26)13-5-4-6-15(22)9-13/h4-6,9-11,17,23H,7-8,12H2,1-3H3. The van der Waals surface area contributed by atoms with Gasteiger partial charge in [-0.25, -0.2) is 4.98 Å². The topological polar surface area (TPSA) is 71.3 Å². The molecular weight excluding hydrogens is 376 g/mol. The Kier molecular flexibility index (Phi) is 4.85. The Morgan fingerprint density at radius 1 is 1.32 bits per heavy atom. The Labute approximate surface area is 168 Å². The third-order valence-electron chi connectivity index (χ3n) is 5.02. The van der Waals surface area contributed by atoms with Crippen LogP contribution in [0, 0.1) is 0 Å². The van der Waals surface area contributed by atoms with Crippen LogP contribution in [0.5, 0.6) is 0 Å². The predicted octanol–water partition coefficient (Wildman–Crippen LogP) is 3.96. The van der Waals surface area contributed by atoms with Gasteiger partial charge in [0.15, 0.2) is 0 Å². The molecule has 0 aliphatic carbocycles. The van der Waals surface area contributed by atoms with Crippen molar-refractivity contribution in [1.29, 1.82) is 0 Å². The molecule has 3 heterocycles. The van der Waals surface area contributed by atoms with E-state index in [9.17, 15) is 4.79 Å². The van der Waals surface area contributed by atoms with E-state index in [1.807, 2.05) is 35.2 Å². The van der Waals surface area contributed by atoms with Crippen molar-refractivity contribution in [3.05, 3.63) is 58.4 Å². The van der Waals surface area contributed by atoms with Crippen molar-refractivity contribution in [2.75, 3.05) is 19.6 Å². The van der Waals surface area contributed by atoms with E-state index in [1.165, 1.54) is 0 Å². The number of rotatable bonds is 2. The number of carbonyl (C=O) groups excluding carboxylic acids is 1. The number of nitrogens with zero attached hydrogens (tertiary/aromatic N) is 3. The summed E-state index contributed by atoms with van der Waals surface area (Å²) in [6.45, 7) is 8.23. The molecule has 6 nitrogen and oxygen atoms in total. The highest BCUT2D eigenvalue weighted by atomic mass is 35.5. The third kappa shape index (κ3) is 3.50. The first-order valence-corrected chi connectivity index (χ1v) is 9.75. The fraction of sp³-hybridized carbons (Fsp3) is 0.381. The second-order valence-electron chi connectivity index (χ2n) is 8.13. The molecule has 28 heavy (non-hydrogen) atoms. The summed E-state index contributed by atoms with van der Waals surface area (Å²) >= 11 is 6.17. The number of amides is 1. The van der Waals surface area contributed by atoms with Crippen LogP contribution < -0.4 is 5.32 Å². The van der Waals surface area contributed by atoms with Crippen LogP contribution in [-0.4, -0.2) is 40.6 Å². The first-order chi connectivity index (χ1) is 13.3. The fourth-order valence-corrected chi connectivity index (χ4v) is 3.81. The molecule has 4 rings (SSSR count). The number of carbonyl (C=O) groups is 1. The lowest BCUT2D eigenvalue weighted by Gasteiger charge is -2.36. The summed E-state index contributed by atoms with van der Waals surface area (Å²) in [4.78, 5) is 19.6. The van der Waals surface area contributed by atoms with E-state index in [0.717, 1.165) is 23.2 Å². The summed E-state index contributed by atoms with van der Waals surface area (Å²) in [5.41, 5.74) is 2.61. The number of aromatic nitrogens is 2. The van der Waals surface area contributed by atoms with Crippen LogP contribution in [0.2, 0.25) is 5.02 Å². The Bertz CT molecular complexity index is 1020. The molecule has 2 aromatic heterocycles. The second-order valence-corrected chi connectivity index (χ2v) is 8.57. The fourth-order valence-electron chi connectivity index (χ4n) is 3.62. The molecule has 146 valence electrons. The largest absolute Gasteiger partial charge is 0.336 e. The van der Waals surface area contributed by atoms with Gasteiger partial charge in [0.1, 0.15) is 0 Å². The lowest BCUT2D eigenvalue weighted by Crippen LogP contribution is -2.48. The van der Waals surface area contributed by atoms with Gasteiger partial charge in [0.05, 0.1) is 22.7 Å². The summed E-state index contributed by atoms with van der Waals surface area (Å²) in [6.07, 6.45) is 1.57. The van der Waals surface area contributed by atoms with Crippen molar-refractivity contribution < 1.29 is 9.32 Å². The molecule has 1 unspecified atom stereocenters. The molecule has 7 heteroatoms. The van der Waals surface area contributed by atoms with Gasteiger partial charge < -0.3 is 14.7 Å². The number of pyridine rings is 1. The van der Waals surface area contributed by atoms with Gasteiger partial charge in [0.25, 0.3) is 11.6 Å². The Morgan fingerprint density at radius 3 is 2.89 bits per heavy atom. The predicted molar refractivity (Wildman–Crippen MR) is 109 cm³/mol. The van der Waals surface area contributed by atoms with Gasteiger partial charge in [-0.3, -0.25) is 4.79 Å². The number of halogens is 1. The van der Waals surface area contributed by atoms with Crippen LogP contribution >= 0.6 is 11.6 Å². The van der Waals surface area contributed by atoms with Gasteiger partial charge >= 0.3 is 0 Å². The van der Waals surface area contributed by atoms with Crippen molar-refractivity contribution in [3.63, 3.8) is 0 Å². The molecule has 0 bridgehead atoms. The van der Waals surface area contributed by atoms with Crippen LogP contribution in [0.4, 0.5) is 0 Å². The first-order valence-electron chi connectivity index (χ1n) is 9.37. The lowest BCUT2D eigenvalue weighted by molar-refractivity contribution is 0.0634. The third-order valence-corrected chi connectivity index (χ3v) is 5.26. The minimum atomic E-state index is -0.201. The van der Waals surface area contributed by atoms with E-state index in [-0.39, 0.29) is 17.4 Å². The highest BCUT2D eigenvalue weighted by molar-refractivity contribution is 6.30. The van der Waals surface area contributed by atoms with Crippen molar-refractivity contribution in [1.82, 2.24) is 20.4 Å². The molecule has 1 N–H and O–H groups in total. The summed E-state index contributed by atoms with van der Waals surface area (Å²) < 4.78 is 5.35. The van der Waals surface area contributed by atoms with E-state index in [4.69, 9.17) is 16.1 Å². The molecule has 1 saturated heterocycles. The molecule has 1 fully saturated rings. The van der Waals surface area contributed by atoms with Gasteiger partial charge in [0.2, 0.25) is 0 Å². The number of piperazine rings is 1. The average molecular weight is 399 g/mol. The summed E-state index contributed by atoms with van der Waals surface area (Å²) in [7, 11) is 0. The maximum absolute atomic E-state index is 13.4. The highest BCUT2D eigenvalue weighted by Crippen LogP contribution is 2.30.